The molecule has 0 atom stereocenters. The number of nitrogens with one attached hydrogen (secondary N) is 2. The van der Waals surface area contributed by atoms with Gasteiger partial charge < -0.3 is 10.3 Å². The molecule has 2 heterocycles. The topological polar surface area (TPSA) is 70.7 Å². The number of hydrogen-bond acceptors (Lipinski definition) is 4. The Morgan fingerprint density at radius 3 is 2.68 bits per heavy atom. The SMILES string of the molecule is O=C(CSc1nncc2c1[nH]c1ccc(F)cc12)NCCc1ccc(F)cc1. The molecule has 0 aliphatic carbocycles. The van der Waals surface area contributed by atoms with Crippen molar-refractivity contribution in [3.05, 3.63) is 65.9 Å². The van der Waals surface area contributed by atoms with Crippen LogP contribution < -0.4 is 5.32 Å². The van der Waals surface area contributed by atoms with Crippen molar-refractivity contribution >= 4 is 39.5 Å². The first-order valence-corrected chi connectivity index (χ1v) is 9.65. The molecule has 0 saturated carbocycles. The molecule has 4 rings (SSSR count). The van der Waals surface area contributed by atoms with Crippen LogP contribution in [0.2, 0.25) is 0 Å². The second kappa shape index (κ2) is 7.93. The summed E-state index contributed by atoms with van der Waals surface area (Å²) in [5.41, 5.74) is 2.48. The first kappa shape index (κ1) is 18.4. The fourth-order valence-electron chi connectivity index (χ4n) is 2.96. The zero-order chi connectivity index (χ0) is 19.5. The molecule has 0 aliphatic rings. The molecule has 0 spiro atoms. The third kappa shape index (κ3) is 3.96. The molecule has 2 aromatic heterocycles. The summed E-state index contributed by atoms with van der Waals surface area (Å²) >= 11 is 1.27. The van der Waals surface area contributed by atoms with Gasteiger partial charge in [0.2, 0.25) is 5.91 Å². The molecule has 142 valence electrons. The van der Waals surface area contributed by atoms with E-state index < -0.39 is 0 Å². The molecule has 28 heavy (non-hydrogen) atoms. The lowest BCUT2D eigenvalue weighted by Gasteiger charge is -2.05. The smallest absolute Gasteiger partial charge is 0.230 e. The lowest BCUT2D eigenvalue weighted by Crippen LogP contribution is -2.27. The number of benzene rings is 2. The van der Waals surface area contributed by atoms with E-state index in [1.165, 1.54) is 36.0 Å². The molecule has 2 aromatic carbocycles. The van der Waals surface area contributed by atoms with Gasteiger partial charge in [0.25, 0.3) is 0 Å². The molecule has 1 amide bonds. The fourth-order valence-corrected chi connectivity index (χ4v) is 3.74. The van der Waals surface area contributed by atoms with Gasteiger partial charge in [-0.25, -0.2) is 8.78 Å². The normalized spacial score (nSPS) is 11.2. The zero-order valence-electron chi connectivity index (χ0n) is 14.7. The maximum atomic E-state index is 13.5. The van der Waals surface area contributed by atoms with Crippen LogP contribution >= 0.6 is 11.8 Å². The minimum Gasteiger partial charge on any atom is -0.355 e. The van der Waals surface area contributed by atoms with E-state index in [-0.39, 0.29) is 23.3 Å². The highest BCUT2D eigenvalue weighted by molar-refractivity contribution is 8.00. The number of fused-ring (bicyclic) bond motifs is 3. The van der Waals surface area contributed by atoms with Crippen molar-refractivity contribution in [1.82, 2.24) is 20.5 Å². The van der Waals surface area contributed by atoms with E-state index >= 15 is 0 Å². The monoisotopic (exact) mass is 398 g/mol. The van der Waals surface area contributed by atoms with Crippen molar-refractivity contribution in [1.29, 1.82) is 0 Å². The summed E-state index contributed by atoms with van der Waals surface area (Å²) in [6, 6.07) is 10.7. The van der Waals surface area contributed by atoms with Crippen LogP contribution in [0.4, 0.5) is 8.78 Å². The van der Waals surface area contributed by atoms with Crippen molar-refractivity contribution in [3.63, 3.8) is 0 Å². The number of rotatable bonds is 6. The first-order chi connectivity index (χ1) is 13.6. The molecular formula is C20H16F2N4OS. The lowest BCUT2D eigenvalue weighted by molar-refractivity contribution is -0.118. The average Bonchev–Trinajstić information content (AvgIpc) is 3.06. The number of amides is 1. The summed E-state index contributed by atoms with van der Waals surface area (Å²) in [4.78, 5) is 15.3. The number of carbonyl (C=O) groups excluding carboxylic acids is 1. The summed E-state index contributed by atoms with van der Waals surface area (Å²) in [6.45, 7) is 0.465. The second-order valence-corrected chi connectivity index (χ2v) is 7.23. The van der Waals surface area contributed by atoms with E-state index in [0.717, 1.165) is 27.4 Å². The van der Waals surface area contributed by atoms with Crippen molar-refractivity contribution in [2.75, 3.05) is 12.3 Å². The number of hydrogen-bond donors (Lipinski definition) is 2. The summed E-state index contributed by atoms with van der Waals surface area (Å²) in [5, 5.41) is 13.0. The van der Waals surface area contributed by atoms with Gasteiger partial charge in [-0.15, -0.1) is 5.10 Å². The zero-order valence-corrected chi connectivity index (χ0v) is 15.5. The van der Waals surface area contributed by atoms with E-state index in [2.05, 4.69) is 20.5 Å². The van der Waals surface area contributed by atoms with Gasteiger partial charge >= 0.3 is 0 Å². The molecular weight excluding hydrogens is 382 g/mol. The first-order valence-electron chi connectivity index (χ1n) is 8.67. The molecule has 5 nitrogen and oxygen atoms in total. The second-order valence-electron chi connectivity index (χ2n) is 6.27. The molecule has 8 heteroatoms. The van der Waals surface area contributed by atoms with Crippen LogP contribution in [-0.2, 0) is 11.2 Å². The van der Waals surface area contributed by atoms with Gasteiger partial charge in [0.05, 0.1) is 17.5 Å². The van der Waals surface area contributed by atoms with Gasteiger partial charge in [-0.05, 0) is 42.3 Å². The summed E-state index contributed by atoms with van der Waals surface area (Å²) in [5.74, 6) is -0.548. The number of aromatic nitrogens is 3. The number of aromatic amines is 1. The number of halogens is 2. The fraction of sp³-hybridized carbons (Fsp3) is 0.150. The lowest BCUT2D eigenvalue weighted by atomic mass is 10.1. The molecule has 2 N–H and O–H groups in total. The quantitative estimate of drug-likeness (QED) is 0.484. The molecule has 0 radical (unpaired) electrons. The maximum absolute atomic E-state index is 13.5. The Morgan fingerprint density at radius 1 is 1.07 bits per heavy atom. The summed E-state index contributed by atoms with van der Waals surface area (Å²) in [7, 11) is 0. The largest absolute Gasteiger partial charge is 0.355 e. The Kier molecular flexibility index (Phi) is 5.21. The van der Waals surface area contributed by atoms with Gasteiger partial charge in [0.1, 0.15) is 16.7 Å². The number of H-pyrrole nitrogens is 1. The van der Waals surface area contributed by atoms with Crippen molar-refractivity contribution in [2.45, 2.75) is 11.4 Å². The van der Waals surface area contributed by atoms with Crippen LogP contribution in [0.25, 0.3) is 21.8 Å². The van der Waals surface area contributed by atoms with Crippen LogP contribution in [0.5, 0.6) is 0 Å². The van der Waals surface area contributed by atoms with Gasteiger partial charge in [-0.3, -0.25) is 4.79 Å². The highest BCUT2D eigenvalue weighted by Gasteiger charge is 2.13. The highest BCUT2D eigenvalue weighted by atomic mass is 32.2. The van der Waals surface area contributed by atoms with Crippen LogP contribution in [-0.4, -0.2) is 33.4 Å². The Hall–Kier alpha value is -3.00. The maximum Gasteiger partial charge on any atom is 0.230 e. The molecule has 0 saturated heterocycles. The number of carbonyl (C=O) groups is 1. The molecule has 0 aliphatic heterocycles. The molecule has 4 aromatic rings. The number of nitrogens with zero attached hydrogens (tertiary/aromatic N) is 2. The minimum absolute atomic E-state index is 0.131. The summed E-state index contributed by atoms with van der Waals surface area (Å²) < 4.78 is 26.4. The van der Waals surface area contributed by atoms with Crippen molar-refractivity contribution in [3.8, 4) is 0 Å². The Labute approximate surface area is 163 Å². The average molecular weight is 398 g/mol. The van der Waals surface area contributed by atoms with Crippen LogP contribution in [0, 0.1) is 11.6 Å². The van der Waals surface area contributed by atoms with Gasteiger partial charge in [-0.1, -0.05) is 23.9 Å². The molecule has 0 fully saturated rings. The van der Waals surface area contributed by atoms with E-state index in [1.807, 2.05) is 0 Å². The van der Waals surface area contributed by atoms with E-state index in [1.54, 1.807) is 24.4 Å². The predicted molar refractivity (Wildman–Crippen MR) is 105 cm³/mol. The van der Waals surface area contributed by atoms with Gasteiger partial charge in [0, 0.05) is 22.8 Å². The van der Waals surface area contributed by atoms with E-state index in [0.29, 0.717) is 18.0 Å². The van der Waals surface area contributed by atoms with Gasteiger partial charge in [0.15, 0.2) is 0 Å². The van der Waals surface area contributed by atoms with Crippen LogP contribution in [0.1, 0.15) is 5.56 Å². The molecule has 0 unspecified atom stereocenters. The highest BCUT2D eigenvalue weighted by Crippen LogP contribution is 2.30. The standard InChI is InChI=1S/C20H16F2N4OS/c21-13-3-1-12(2-4-13)7-8-23-18(27)11-28-20-19-16(10-24-26-20)15-9-14(22)5-6-17(15)25-19/h1-6,9-10,25H,7-8,11H2,(H,23,27). The predicted octanol–water partition coefficient (Wildman–Crippen LogP) is 3.84. The van der Waals surface area contributed by atoms with E-state index in [4.69, 9.17) is 0 Å². The molecule has 0 bridgehead atoms. The van der Waals surface area contributed by atoms with Crippen molar-refractivity contribution in [2.24, 2.45) is 0 Å². The van der Waals surface area contributed by atoms with Gasteiger partial charge in [-0.2, -0.15) is 5.10 Å². The number of thioether (sulfide) groups is 1. The third-order valence-corrected chi connectivity index (χ3v) is 5.30. The van der Waals surface area contributed by atoms with E-state index in [9.17, 15) is 13.6 Å². The third-order valence-electron chi connectivity index (χ3n) is 4.34. The minimum atomic E-state index is -0.319. The van der Waals surface area contributed by atoms with Crippen LogP contribution in [0.3, 0.4) is 0 Å². The Bertz CT molecular complexity index is 1140. The van der Waals surface area contributed by atoms with Crippen molar-refractivity contribution < 1.29 is 13.6 Å². The Morgan fingerprint density at radius 2 is 1.86 bits per heavy atom. The Balaban J connectivity index is 1.39. The summed E-state index contributed by atoms with van der Waals surface area (Å²) in [6.07, 6.45) is 2.21. The van der Waals surface area contributed by atoms with Crippen LogP contribution in [0.15, 0.2) is 53.7 Å².